The van der Waals surface area contributed by atoms with Crippen LogP contribution >= 0.6 is 0 Å². The zero-order chi connectivity index (χ0) is 10.3. The minimum Gasteiger partial charge on any atom is -0.481 e. The molecule has 1 unspecified atom stereocenters. The second-order valence-corrected chi connectivity index (χ2v) is 2.39. The average molecular weight is 184 g/mol. The summed E-state index contributed by atoms with van der Waals surface area (Å²) in [5.74, 6) is -0.754. The van der Waals surface area contributed by atoms with Gasteiger partial charge in [-0.25, -0.2) is 0 Å². The summed E-state index contributed by atoms with van der Waals surface area (Å²) in [6, 6.07) is 0. The fraction of sp³-hybridized carbons (Fsp3) is 0.556. The van der Waals surface area contributed by atoms with Gasteiger partial charge in [0.05, 0.1) is 6.61 Å². The number of esters is 1. The van der Waals surface area contributed by atoms with E-state index < -0.39 is 17.9 Å². The van der Waals surface area contributed by atoms with Crippen LogP contribution < -0.4 is 0 Å². The van der Waals surface area contributed by atoms with Gasteiger partial charge in [-0.15, -0.1) is 12.3 Å². The molecule has 0 aromatic heterocycles. The van der Waals surface area contributed by atoms with Crippen molar-refractivity contribution in [2.45, 2.75) is 19.8 Å². The molecule has 1 N–H and O–H groups in total. The summed E-state index contributed by atoms with van der Waals surface area (Å²) in [5.41, 5.74) is 0. The summed E-state index contributed by atoms with van der Waals surface area (Å²) in [4.78, 5) is 21.6. The van der Waals surface area contributed by atoms with Crippen molar-refractivity contribution in [3.63, 3.8) is 0 Å². The largest absolute Gasteiger partial charge is 0.481 e. The van der Waals surface area contributed by atoms with E-state index >= 15 is 0 Å². The molecule has 0 rings (SSSR count). The Morgan fingerprint density at radius 2 is 2.23 bits per heavy atom. The molecule has 0 fully saturated rings. The van der Waals surface area contributed by atoms with Crippen LogP contribution in [0.3, 0.4) is 0 Å². The number of hydrogen-bond donors (Lipinski definition) is 1. The van der Waals surface area contributed by atoms with E-state index in [0.717, 1.165) is 0 Å². The summed E-state index contributed by atoms with van der Waals surface area (Å²) in [7, 11) is 0. The number of aliphatic carboxylic acids is 1. The number of carbonyl (C=O) groups is 2. The summed E-state index contributed by atoms with van der Waals surface area (Å²) < 4.78 is 4.57. The van der Waals surface area contributed by atoms with Crippen LogP contribution in [0, 0.1) is 18.3 Å². The Morgan fingerprint density at radius 3 is 2.62 bits per heavy atom. The molecule has 4 heteroatoms. The van der Waals surface area contributed by atoms with Crippen molar-refractivity contribution >= 4 is 11.9 Å². The Hall–Kier alpha value is -1.50. The van der Waals surface area contributed by atoms with Crippen molar-refractivity contribution in [2.75, 3.05) is 6.61 Å². The number of hydrogen-bond acceptors (Lipinski definition) is 3. The van der Waals surface area contributed by atoms with Crippen LogP contribution in [-0.2, 0) is 14.3 Å². The third-order valence-corrected chi connectivity index (χ3v) is 1.45. The van der Waals surface area contributed by atoms with E-state index in [1.54, 1.807) is 6.92 Å². The number of carboxylic acids is 1. The van der Waals surface area contributed by atoms with Crippen molar-refractivity contribution < 1.29 is 19.4 Å². The first-order valence-corrected chi connectivity index (χ1v) is 3.96. The molecular weight excluding hydrogens is 172 g/mol. The molecule has 0 aromatic rings. The molecule has 0 aliphatic heterocycles. The molecule has 0 amide bonds. The predicted octanol–water partition coefficient (Wildman–Crippen LogP) is 0.664. The first-order chi connectivity index (χ1) is 6.13. The lowest BCUT2D eigenvalue weighted by Crippen LogP contribution is -2.25. The van der Waals surface area contributed by atoms with Crippen LogP contribution in [0.15, 0.2) is 0 Å². The Morgan fingerprint density at radius 1 is 1.62 bits per heavy atom. The Balaban J connectivity index is 4.17. The Labute approximate surface area is 76.9 Å². The monoisotopic (exact) mass is 184 g/mol. The minimum absolute atomic E-state index is 0.130. The third-order valence-electron chi connectivity index (χ3n) is 1.45. The van der Waals surface area contributed by atoms with Crippen LogP contribution in [0.25, 0.3) is 0 Å². The van der Waals surface area contributed by atoms with E-state index in [9.17, 15) is 9.59 Å². The highest BCUT2D eigenvalue weighted by Crippen LogP contribution is 2.08. The van der Waals surface area contributed by atoms with Gasteiger partial charge < -0.3 is 9.84 Å². The summed E-state index contributed by atoms with van der Waals surface area (Å²) in [6.07, 6.45) is 5.35. The molecule has 0 heterocycles. The molecule has 0 aliphatic rings. The first-order valence-electron chi connectivity index (χ1n) is 3.96. The molecule has 0 radical (unpaired) electrons. The smallest absolute Gasteiger partial charge is 0.320 e. The van der Waals surface area contributed by atoms with Gasteiger partial charge in [-0.2, -0.15) is 0 Å². The normalized spacial score (nSPS) is 11.4. The van der Waals surface area contributed by atoms with Gasteiger partial charge in [0.2, 0.25) is 0 Å². The second kappa shape index (κ2) is 6.06. The van der Waals surface area contributed by atoms with Gasteiger partial charge in [0, 0.05) is 6.42 Å². The van der Waals surface area contributed by atoms with E-state index in [2.05, 4.69) is 10.7 Å². The number of rotatable bonds is 5. The quantitative estimate of drug-likeness (QED) is 0.387. The fourth-order valence-corrected chi connectivity index (χ4v) is 0.813. The van der Waals surface area contributed by atoms with Gasteiger partial charge in [-0.1, -0.05) is 0 Å². The molecule has 0 bridgehead atoms. The second-order valence-electron chi connectivity index (χ2n) is 2.39. The van der Waals surface area contributed by atoms with Crippen LogP contribution in [-0.4, -0.2) is 23.7 Å². The topological polar surface area (TPSA) is 63.6 Å². The Bertz CT molecular complexity index is 226. The molecule has 0 saturated carbocycles. The van der Waals surface area contributed by atoms with Crippen molar-refractivity contribution in [2.24, 2.45) is 5.92 Å². The molecule has 0 spiro atoms. The number of terminal acetylenes is 1. The highest BCUT2D eigenvalue weighted by molar-refractivity contribution is 5.93. The number of ether oxygens (including phenoxy) is 1. The Kier molecular flexibility index (Phi) is 5.37. The van der Waals surface area contributed by atoms with Gasteiger partial charge in [-0.05, 0) is 13.3 Å². The van der Waals surface area contributed by atoms with Gasteiger partial charge >= 0.3 is 11.9 Å². The van der Waals surface area contributed by atoms with E-state index in [-0.39, 0.29) is 19.4 Å². The summed E-state index contributed by atoms with van der Waals surface area (Å²) in [6.45, 7) is 1.80. The molecule has 13 heavy (non-hydrogen) atoms. The van der Waals surface area contributed by atoms with Crippen molar-refractivity contribution in [3.05, 3.63) is 0 Å². The molecule has 0 aliphatic carbocycles. The van der Waals surface area contributed by atoms with E-state index in [0.29, 0.717) is 0 Å². The maximum Gasteiger partial charge on any atom is 0.320 e. The van der Waals surface area contributed by atoms with E-state index in [1.807, 2.05) is 0 Å². The zero-order valence-electron chi connectivity index (χ0n) is 7.45. The van der Waals surface area contributed by atoms with Crippen LogP contribution in [0.5, 0.6) is 0 Å². The van der Waals surface area contributed by atoms with Gasteiger partial charge in [-0.3, -0.25) is 9.59 Å². The predicted molar refractivity (Wildman–Crippen MR) is 45.8 cm³/mol. The molecule has 0 aromatic carbocycles. The van der Waals surface area contributed by atoms with E-state index in [1.165, 1.54) is 0 Å². The lowest BCUT2D eigenvalue weighted by molar-refractivity contribution is -0.158. The zero-order valence-corrected chi connectivity index (χ0v) is 7.45. The number of carbonyl (C=O) groups excluding carboxylic acids is 1. The standard InChI is InChI=1S/C9H12O4/c1-3-5-6-7(8(10)11)9(12)13-4-2/h1,7H,4-6H2,2H3,(H,10,11). The minimum atomic E-state index is -1.19. The fourth-order valence-electron chi connectivity index (χ4n) is 0.813. The average Bonchev–Trinajstić information content (AvgIpc) is 2.05. The van der Waals surface area contributed by atoms with E-state index in [4.69, 9.17) is 11.5 Å². The highest BCUT2D eigenvalue weighted by atomic mass is 16.5. The molecular formula is C9H12O4. The van der Waals surface area contributed by atoms with Crippen LogP contribution in [0.4, 0.5) is 0 Å². The highest BCUT2D eigenvalue weighted by Gasteiger charge is 2.26. The van der Waals surface area contributed by atoms with Crippen molar-refractivity contribution in [1.82, 2.24) is 0 Å². The summed E-state index contributed by atoms with van der Waals surface area (Å²) in [5, 5.41) is 8.63. The maximum atomic E-state index is 11.0. The van der Waals surface area contributed by atoms with Gasteiger partial charge in [0.15, 0.2) is 5.92 Å². The maximum absolute atomic E-state index is 11.0. The third kappa shape index (κ3) is 4.16. The van der Waals surface area contributed by atoms with Crippen molar-refractivity contribution in [1.29, 1.82) is 0 Å². The van der Waals surface area contributed by atoms with Gasteiger partial charge in [0.1, 0.15) is 0 Å². The summed E-state index contributed by atoms with van der Waals surface area (Å²) >= 11 is 0. The first kappa shape index (κ1) is 11.5. The van der Waals surface area contributed by atoms with Gasteiger partial charge in [0.25, 0.3) is 0 Å². The molecule has 72 valence electrons. The SMILES string of the molecule is C#CCCC(C(=O)O)C(=O)OCC. The van der Waals surface area contributed by atoms with Crippen molar-refractivity contribution in [3.8, 4) is 12.3 Å². The molecule has 1 atom stereocenters. The number of carboxylic acid groups (broad SMARTS) is 1. The van der Waals surface area contributed by atoms with Crippen LogP contribution in [0.1, 0.15) is 19.8 Å². The van der Waals surface area contributed by atoms with Crippen LogP contribution in [0.2, 0.25) is 0 Å². The lowest BCUT2D eigenvalue weighted by atomic mass is 10.0. The lowest BCUT2D eigenvalue weighted by Gasteiger charge is -2.08. The molecule has 4 nitrogen and oxygen atoms in total. The molecule has 0 saturated heterocycles.